The van der Waals surface area contributed by atoms with E-state index in [1.165, 1.54) is 0 Å². The molecule has 0 aromatic rings. The number of carboxylic acids is 1. The van der Waals surface area contributed by atoms with Crippen LogP contribution in [0.2, 0.25) is 0 Å². The summed E-state index contributed by atoms with van der Waals surface area (Å²) in [5.74, 6) is 4.13. The van der Waals surface area contributed by atoms with Crippen LogP contribution in [0.15, 0.2) is 0 Å². The molecule has 0 spiro atoms. The van der Waals surface area contributed by atoms with E-state index in [0.29, 0.717) is 13.0 Å². The molecule has 0 aliphatic rings. The highest BCUT2D eigenvalue weighted by atomic mass is 16.4. The maximum Gasteiger partial charge on any atom is 0.322 e. The molecule has 0 bridgehead atoms. The number of aliphatic carboxylic acids is 1. The number of hydrogen-bond donors (Lipinski definition) is 4. The van der Waals surface area contributed by atoms with Crippen LogP contribution in [-0.4, -0.2) is 23.7 Å². The van der Waals surface area contributed by atoms with Crippen LogP contribution in [0.3, 0.4) is 0 Å². The van der Waals surface area contributed by atoms with Gasteiger partial charge in [-0.05, 0) is 19.4 Å². The molecule has 0 aromatic heterocycles. The SMILES string of the molecule is NCCCCCC(NN)C(=O)O. The molecule has 5 nitrogen and oxygen atoms in total. The molecule has 0 aliphatic carbocycles. The van der Waals surface area contributed by atoms with Gasteiger partial charge in [0.05, 0.1) is 0 Å². The van der Waals surface area contributed by atoms with Crippen molar-refractivity contribution in [3.63, 3.8) is 0 Å². The van der Waals surface area contributed by atoms with Gasteiger partial charge in [0.1, 0.15) is 6.04 Å². The fraction of sp³-hybridized carbons (Fsp3) is 0.857. The Labute approximate surface area is 72.1 Å². The maximum absolute atomic E-state index is 10.4. The summed E-state index contributed by atoms with van der Waals surface area (Å²) in [5.41, 5.74) is 7.53. The van der Waals surface area contributed by atoms with Crippen LogP contribution in [0.1, 0.15) is 25.7 Å². The van der Waals surface area contributed by atoms with Crippen molar-refractivity contribution in [2.24, 2.45) is 11.6 Å². The quantitative estimate of drug-likeness (QED) is 0.235. The molecule has 5 heteroatoms. The first kappa shape index (κ1) is 11.4. The second-order valence-corrected chi connectivity index (χ2v) is 2.70. The van der Waals surface area contributed by atoms with E-state index in [4.69, 9.17) is 16.7 Å². The molecule has 0 aromatic carbocycles. The minimum absolute atomic E-state index is 0.561. The number of unbranched alkanes of at least 4 members (excludes halogenated alkanes) is 2. The number of carboxylic acid groups (broad SMARTS) is 1. The number of carbonyl (C=O) groups is 1. The maximum atomic E-state index is 10.4. The lowest BCUT2D eigenvalue weighted by Crippen LogP contribution is -2.41. The summed E-state index contributed by atoms with van der Waals surface area (Å²) in [6, 6.07) is -0.622. The van der Waals surface area contributed by atoms with Crippen molar-refractivity contribution < 1.29 is 9.90 Å². The van der Waals surface area contributed by atoms with Crippen LogP contribution >= 0.6 is 0 Å². The zero-order valence-corrected chi connectivity index (χ0v) is 7.12. The molecule has 0 saturated carbocycles. The van der Waals surface area contributed by atoms with E-state index < -0.39 is 12.0 Å². The summed E-state index contributed by atoms with van der Waals surface area (Å²) in [6.07, 6.45) is 3.31. The average molecular weight is 175 g/mol. The van der Waals surface area contributed by atoms with Crippen LogP contribution in [0, 0.1) is 0 Å². The van der Waals surface area contributed by atoms with Crippen LogP contribution in [0.4, 0.5) is 0 Å². The second-order valence-electron chi connectivity index (χ2n) is 2.70. The Morgan fingerprint density at radius 2 is 2.08 bits per heavy atom. The molecule has 0 rings (SSSR count). The van der Waals surface area contributed by atoms with Gasteiger partial charge in [0, 0.05) is 0 Å². The Kier molecular flexibility index (Phi) is 6.64. The van der Waals surface area contributed by atoms with Gasteiger partial charge >= 0.3 is 5.97 Å². The van der Waals surface area contributed by atoms with Gasteiger partial charge in [-0.2, -0.15) is 0 Å². The summed E-state index contributed by atoms with van der Waals surface area (Å²) in [7, 11) is 0. The third-order valence-electron chi connectivity index (χ3n) is 1.70. The molecule has 0 heterocycles. The third kappa shape index (κ3) is 5.06. The van der Waals surface area contributed by atoms with E-state index in [1.54, 1.807) is 0 Å². The smallest absolute Gasteiger partial charge is 0.322 e. The lowest BCUT2D eigenvalue weighted by atomic mass is 10.1. The average Bonchev–Trinajstić information content (AvgIpc) is 2.04. The molecule has 0 radical (unpaired) electrons. The first-order chi connectivity index (χ1) is 5.72. The van der Waals surface area contributed by atoms with Crippen molar-refractivity contribution >= 4 is 5.97 Å². The number of rotatable bonds is 7. The molecular formula is C7H17N3O2. The number of nitrogens with two attached hydrogens (primary N) is 2. The van der Waals surface area contributed by atoms with Crippen molar-refractivity contribution in [3.8, 4) is 0 Å². The molecule has 0 fully saturated rings. The number of hydrogen-bond acceptors (Lipinski definition) is 4. The molecule has 0 amide bonds. The molecule has 0 aliphatic heterocycles. The van der Waals surface area contributed by atoms with E-state index in [9.17, 15) is 4.79 Å². The Hall–Kier alpha value is -0.650. The normalized spacial score (nSPS) is 12.8. The number of nitrogens with one attached hydrogen (secondary N) is 1. The summed E-state index contributed by atoms with van der Waals surface area (Å²) in [6.45, 7) is 0.661. The highest BCUT2D eigenvalue weighted by molar-refractivity contribution is 5.73. The Morgan fingerprint density at radius 3 is 2.50 bits per heavy atom. The van der Waals surface area contributed by atoms with E-state index in [-0.39, 0.29) is 0 Å². The Balaban J connectivity index is 3.38. The lowest BCUT2D eigenvalue weighted by Gasteiger charge is -2.09. The van der Waals surface area contributed by atoms with Crippen LogP contribution < -0.4 is 17.0 Å². The summed E-state index contributed by atoms with van der Waals surface area (Å²) in [5, 5.41) is 8.56. The highest BCUT2D eigenvalue weighted by Crippen LogP contribution is 2.02. The van der Waals surface area contributed by atoms with Crippen molar-refractivity contribution in [1.82, 2.24) is 5.43 Å². The van der Waals surface area contributed by atoms with Crippen molar-refractivity contribution in [2.45, 2.75) is 31.7 Å². The van der Waals surface area contributed by atoms with Gasteiger partial charge in [-0.3, -0.25) is 10.6 Å². The summed E-state index contributed by atoms with van der Waals surface area (Å²) >= 11 is 0. The molecule has 6 N–H and O–H groups in total. The van der Waals surface area contributed by atoms with E-state index in [0.717, 1.165) is 19.3 Å². The standard InChI is InChI=1S/C7H17N3O2/c8-5-3-1-2-4-6(10-9)7(11)12/h6,10H,1-5,8-9H2,(H,11,12). The van der Waals surface area contributed by atoms with Crippen molar-refractivity contribution in [2.75, 3.05) is 6.54 Å². The minimum Gasteiger partial charge on any atom is -0.480 e. The first-order valence-electron chi connectivity index (χ1n) is 4.11. The van der Waals surface area contributed by atoms with Crippen LogP contribution in [0.25, 0.3) is 0 Å². The zero-order valence-electron chi connectivity index (χ0n) is 7.12. The lowest BCUT2D eigenvalue weighted by molar-refractivity contribution is -0.139. The van der Waals surface area contributed by atoms with E-state index >= 15 is 0 Å². The molecule has 12 heavy (non-hydrogen) atoms. The van der Waals surface area contributed by atoms with Crippen molar-refractivity contribution in [1.29, 1.82) is 0 Å². The van der Waals surface area contributed by atoms with E-state index in [2.05, 4.69) is 5.43 Å². The van der Waals surface area contributed by atoms with Gasteiger partial charge in [0.25, 0.3) is 0 Å². The van der Waals surface area contributed by atoms with Gasteiger partial charge in [-0.1, -0.05) is 12.8 Å². The summed E-state index contributed by atoms with van der Waals surface area (Å²) < 4.78 is 0. The van der Waals surface area contributed by atoms with Gasteiger partial charge in [-0.15, -0.1) is 0 Å². The largest absolute Gasteiger partial charge is 0.480 e. The van der Waals surface area contributed by atoms with Gasteiger partial charge in [-0.25, -0.2) is 5.43 Å². The molecule has 1 unspecified atom stereocenters. The van der Waals surface area contributed by atoms with Crippen LogP contribution in [0.5, 0.6) is 0 Å². The minimum atomic E-state index is -0.898. The predicted molar refractivity (Wildman–Crippen MR) is 46.3 cm³/mol. The van der Waals surface area contributed by atoms with Crippen molar-refractivity contribution in [3.05, 3.63) is 0 Å². The topological polar surface area (TPSA) is 101 Å². The second kappa shape index (κ2) is 7.02. The highest BCUT2D eigenvalue weighted by Gasteiger charge is 2.13. The Bertz CT molecular complexity index is 130. The fourth-order valence-electron chi connectivity index (χ4n) is 0.948. The number of hydrazine groups is 1. The van der Waals surface area contributed by atoms with E-state index in [1.807, 2.05) is 0 Å². The fourth-order valence-corrected chi connectivity index (χ4v) is 0.948. The first-order valence-corrected chi connectivity index (χ1v) is 4.11. The Morgan fingerprint density at radius 1 is 1.42 bits per heavy atom. The van der Waals surface area contributed by atoms with Gasteiger partial charge < -0.3 is 10.8 Å². The molecular weight excluding hydrogens is 158 g/mol. The van der Waals surface area contributed by atoms with Crippen LogP contribution in [-0.2, 0) is 4.79 Å². The monoisotopic (exact) mass is 175 g/mol. The summed E-state index contributed by atoms with van der Waals surface area (Å²) in [4.78, 5) is 10.4. The van der Waals surface area contributed by atoms with Gasteiger partial charge in [0.2, 0.25) is 0 Å². The predicted octanol–water partition coefficient (Wildman–Crippen LogP) is -0.578. The molecule has 72 valence electrons. The molecule has 0 saturated heterocycles. The zero-order chi connectivity index (χ0) is 9.40. The molecule has 1 atom stereocenters. The third-order valence-corrected chi connectivity index (χ3v) is 1.70. The van der Waals surface area contributed by atoms with Gasteiger partial charge in [0.15, 0.2) is 0 Å².